The molecule has 4 aliphatic rings. The summed E-state index contributed by atoms with van der Waals surface area (Å²) in [6, 6.07) is 16.7. The molecule has 1 atom stereocenters. The van der Waals surface area contributed by atoms with Gasteiger partial charge in [-0.05, 0) is 98.3 Å². The zero-order chi connectivity index (χ0) is 42.1. The van der Waals surface area contributed by atoms with Crippen LogP contribution in [0.5, 0.6) is 5.75 Å². The second-order valence-corrected chi connectivity index (χ2v) is 16.2. The molecule has 0 radical (unpaired) electrons. The van der Waals surface area contributed by atoms with Gasteiger partial charge >= 0.3 is 6.36 Å². The molecule has 3 fully saturated rings. The van der Waals surface area contributed by atoms with Gasteiger partial charge in [-0.2, -0.15) is 0 Å². The normalized spacial score (nSPS) is 19.6. The van der Waals surface area contributed by atoms with E-state index in [0.29, 0.717) is 24.6 Å². The number of imide groups is 2. The number of aryl methyl sites for hydroxylation is 1. The van der Waals surface area contributed by atoms with E-state index in [1.807, 2.05) is 12.3 Å². The molecule has 0 aliphatic carbocycles. The number of piperidine rings is 2. The summed E-state index contributed by atoms with van der Waals surface area (Å²) in [5, 5.41) is 6.08. The van der Waals surface area contributed by atoms with E-state index in [2.05, 4.69) is 52.8 Å². The van der Waals surface area contributed by atoms with Crippen molar-refractivity contribution in [3.63, 3.8) is 0 Å². The van der Waals surface area contributed by atoms with Crippen LogP contribution in [-0.4, -0.2) is 114 Å². The molecular formula is C44H48F3N7O6. The Morgan fingerprint density at radius 1 is 0.833 bits per heavy atom. The number of carbonyl (C=O) groups excluding carboxylic acids is 5. The number of hydrogen-bond donors (Lipinski definition) is 2. The molecule has 5 heterocycles. The van der Waals surface area contributed by atoms with Crippen LogP contribution >= 0.6 is 0 Å². The molecule has 13 nitrogen and oxygen atoms in total. The fourth-order valence-corrected chi connectivity index (χ4v) is 9.00. The first-order valence-electron chi connectivity index (χ1n) is 20.6. The van der Waals surface area contributed by atoms with Crippen LogP contribution in [0.15, 0.2) is 66.9 Å². The molecule has 2 N–H and O–H groups in total. The smallest absolute Gasteiger partial charge is 0.406 e. The lowest BCUT2D eigenvalue weighted by Crippen LogP contribution is -2.54. The van der Waals surface area contributed by atoms with Crippen molar-refractivity contribution in [2.24, 2.45) is 5.92 Å². The van der Waals surface area contributed by atoms with Crippen LogP contribution in [0.3, 0.4) is 0 Å². The number of anilines is 1. The number of piperazine rings is 1. The number of carbonyl (C=O) groups is 5. The molecule has 0 bridgehead atoms. The summed E-state index contributed by atoms with van der Waals surface area (Å²) in [6.07, 6.45) is 0.345. The maximum Gasteiger partial charge on any atom is 0.573 e. The van der Waals surface area contributed by atoms with E-state index in [0.717, 1.165) is 110 Å². The van der Waals surface area contributed by atoms with Gasteiger partial charge in [0.1, 0.15) is 11.8 Å². The zero-order valence-electron chi connectivity index (χ0n) is 33.4. The Bertz CT molecular complexity index is 2300. The highest BCUT2D eigenvalue weighted by Crippen LogP contribution is 2.35. The molecule has 5 amide bonds. The third-order valence-electron chi connectivity index (χ3n) is 12.1. The predicted molar refractivity (Wildman–Crippen MR) is 217 cm³/mol. The molecule has 1 aromatic heterocycles. The summed E-state index contributed by atoms with van der Waals surface area (Å²) in [7, 11) is 0. The minimum atomic E-state index is -4.77. The maximum absolute atomic E-state index is 13.4. The van der Waals surface area contributed by atoms with E-state index >= 15 is 0 Å². The van der Waals surface area contributed by atoms with Crippen molar-refractivity contribution >= 4 is 46.1 Å². The Morgan fingerprint density at radius 3 is 2.27 bits per heavy atom. The summed E-state index contributed by atoms with van der Waals surface area (Å²) >= 11 is 0. The molecule has 3 aromatic carbocycles. The number of rotatable bonds is 12. The molecular weight excluding hydrogens is 780 g/mol. The Hall–Kier alpha value is -5.74. The average molecular weight is 828 g/mol. The number of nitrogens with zero attached hydrogens (tertiary/aromatic N) is 5. The monoisotopic (exact) mass is 827 g/mol. The number of halogens is 3. The van der Waals surface area contributed by atoms with E-state index in [9.17, 15) is 37.1 Å². The fraction of sp³-hybridized carbons (Fsp3) is 0.432. The fourth-order valence-electron chi connectivity index (χ4n) is 9.00. The Labute approximate surface area is 345 Å². The van der Waals surface area contributed by atoms with Crippen LogP contribution in [0.4, 0.5) is 18.9 Å². The van der Waals surface area contributed by atoms with Crippen LogP contribution in [-0.2, 0) is 27.5 Å². The number of likely N-dealkylation sites (tertiary alicyclic amines) is 1. The second kappa shape index (κ2) is 17.1. The summed E-state index contributed by atoms with van der Waals surface area (Å²) in [4.78, 5) is 70.2. The first kappa shape index (κ1) is 41.0. The Morgan fingerprint density at radius 2 is 1.57 bits per heavy atom. The highest BCUT2D eigenvalue weighted by molar-refractivity contribution is 6.23. The van der Waals surface area contributed by atoms with Crippen molar-refractivity contribution in [1.29, 1.82) is 0 Å². The lowest BCUT2D eigenvalue weighted by atomic mass is 9.95. The lowest BCUT2D eigenvalue weighted by Gasteiger charge is -2.39. The van der Waals surface area contributed by atoms with Gasteiger partial charge in [0.05, 0.1) is 11.1 Å². The Kier molecular flexibility index (Phi) is 11.7. The third-order valence-corrected chi connectivity index (χ3v) is 12.1. The molecule has 4 aromatic rings. The number of nitrogens with one attached hydrogen (secondary N) is 2. The van der Waals surface area contributed by atoms with E-state index in [1.54, 1.807) is 24.3 Å². The van der Waals surface area contributed by atoms with Gasteiger partial charge in [-0.3, -0.25) is 44.0 Å². The summed E-state index contributed by atoms with van der Waals surface area (Å²) in [5.74, 6) is -1.82. The Balaban J connectivity index is 0.850. The maximum atomic E-state index is 13.4. The number of hydrogen-bond acceptors (Lipinski definition) is 9. The van der Waals surface area contributed by atoms with Gasteiger partial charge in [0.15, 0.2) is 0 Å². The number of aromatic nitrogens is 1. The minimum absolute atomic E-state index is 0.0782. The number of benzene rings is 3. The highest BCUT2D eigenvalue weighted by atomic mass is 19.4. The largest absolute Gasteiger partial charge is 0.573 e. The molecule has 0 saturated carbocycles. The first-order valence-corrected chi connectivity index (χ1v) is 20.6. The van der Waals surface area contributed by atoms with Gasteiger partial charge in [-0.15, -0.1) is 13.2 Å². The van der Waals surface area contributed by atoms with Crippen LogP contribution in [0.2, 0.25) is 0 Å². The molecule has 1 unspecified atom stereocenters. The van der Waals surface area contributed by atoms with Crippen molar-refractivity contribution in [2.45, 2.75) is 64.5 Å². The van der Waals surface area contributed by atoms with E-state index in [4.69, 9.17) is 0 Å². The quantitative estimate of drug-likeness (QED) is 0.147. The molecule has 4 aliphatic heterocycles. The van der Waals surface area contributed by atoms with Gasteiger partial charge in [-0.25, -0.2) is 0 Å². The molecule has 60 heavy (non-hydrogen) atoms. The van der Waals surface area contributed by atoms with E-state index in [-0.39, 0.29) is 30.1 Å². The van der Waals surface area contributed by atoms with Gasteiger partial charge in [0.25, 0.3) is 11.8 Å². The van der Waals surface area contributed by atoms with Gasteiger partial charge < -0.3 is 19.5 Å². The molecule has 3 saturated heterocycles. The molecule has 16 heteroatoms. The van der Waals surface area contributed by atoms with Crippen LogP contribution in [0, 0.1) is 5.92 Å². The summed E-state index contributed by atoms with van der Waals surface area (Å²) in [5.41, 5.74) is 5.31. The summed E-state index contributed by atoms with van der Waals surface area (Å²) in [6.45, 7) is 9.74. The van der Waals surface area contributed by atoms with Crippen molar-refractivity contribution in [1.82, 2.24) is 29.9 Å². The number of amides is 5. The second-order valence-electron chi connectivity index (χ2n) is 16.2. The van der Waals surface area contributed by atoms with Gasteiger partial charge in [-0.1, -0.05) is 18.2 Å². The lowest BCUT2D eigenvalue weighted by molar-refractivity contribution is -0.274. The molecule has 316 valence electrons. The summed E-state index contributed by atoms with van der Waals surface area (Å²) < 4.78 is 44.7. The highest BCUT2D eigenvalue weighted by Gasteiger charge is 2.45. The molecule has 8 rings (SSSR count). The number of fused-ring (bicyclic) bond motifs is 2. The standard InChI is InChI=1S/C44H48F3N7O6/c1-28(55)48-15-2-16-53-27-37(31-4-7-33(8-5-31)60-44(45,46)47)35-23-30(3-10-38(35)53)26-50-17-13-29(14-18-50)25-51-19-21-52(22-20-51)32-6-9-34-36(24-32)43(59)54(42(34)58)39-11-12-40(56)49-41(39)57/h3-10,23-24,27,29,39H,2,11-22,25-26H2,1H3,(H,48,55)(H,49,56,57). The predicted octanol–water partition coefficient (Wildman–Crippen LogP) is 5.17. The first-order chi connectivity index (χ1) is 28.8. The van der Waals surface area contributed by atoms with Gasteiger partial charge in [0, 0.05) is 94.1 Å². The van der Waals surface area contributed by atoms with Crippen molar-refractivity contribution in [2.75, 3.05) is 57.3 Å². The topological polar surface area (TPSA) is 137 Å². The van der Waals surface area contributed by atoms with Crippen LogP contribution < -0.4 is 20.3 Å². The number of alkyl halides is 3. The SMILES string of the molecule is CC(=O)NCCCn1cc(-c2ccc(OC(F)(F)F)cc2)c2cc(CN3CCC(CN4CCN(c5ccc6c(c5)C(=O)N(C5CCC(=O)NC5=O)C6=O)CC4)CC3)ccc21. The van der Waals surface area contributed by atoms with E-state index < -0.39 is 36.0 Å². The minimum Gasteiger partial charge on any atom is -0.406 e. The van der Waals surface area contributed by atoms with Crippen molar-refractivity contribution in [3.05, 3.63) is 83.6 Å². The average Bonchev–Trinajstić information content (AvgIpc) is 3.70. The van der Waals surface area contributed by atoms with Gasteiger partial charge in [0.2, 0.25) is 17.7 Å². The van der Waals surface area contributed by atoms with Crippen LogP contribution in [0.25, 0.3) is 22.0 Å². The molecule has 0 spiro atoms. The van der Waals surface area contributed by atoms with Crippen LogP contribution in [0.1, 0.15) is 65.3 Å². The van der Waals surface area contributed by atoms with Crippen molar-refractivity contribution < 1.29 is 41.9 Å². The third kappa shape index (κ3) is 9.04. The zero-order valence-corrected chi connectivity index (χ0v) is 33.4. The number of ether oxygens (including phenoxy) is 1. The van der Waals surface area contributed by atoms with E-state index in [1.165, 1.54) is 19.1 Å². The van der Waals surface area contributed by atoms with Crippen molar-refractivity contribution in [3.8, 4) is 16.9 Å².